The molecule has 1 aromatic heterocycles. The number of nitrogens with one attached hydrogen (secondary N) is 1. The van der Waals surface area contributed by atoms with Gasteiger partial charge in [0.1, 0.15) is 0 Å². The normalized spacial score (nSPS) is 15.5. The van der Waals surface area contributed by atoms with Gasteiger partial charge in [0.25, 0.3) is 0 Å². The third-order valence-electron chi connectivity index (χ3n) is 4.19. The highest BCUT2D eigenvalue weighted by Crippen LogP contribution is 2.22. The van der Waals surface area contributed by atoms with Gasteiger partial charge in [-0.15, -0.1) is 0 Å². The van der Waals surface area contributed by atoms with Gasteiger partial charge in [-0.3, -0.25) is 9.36 Å². The Bertz CT molecular complexity index is 662. The standard InChI is InChI=1S/C18H23N3OS/c1-14-6-5-9-16(12-14)21-11-10-19-18(21)23-13-17(22)20-15-7-3-2-4-8-15/h5-6,9-12,15H,2-4,7-8,13H2,1H3,(H,20,22). The lowest BCUT2D eigenvalue weighted by molar-refractivity contribution is -0.119. The molecule has 1 aromatic carbocycles. The van der Waals surface area contributed by atoms with Crippen molar-refractivity contribution in [2.45, 2.75) is 50.2 Å². The van der Waals surface area contributed by atoms with Gasteiger partial charge in [0.05, 0.1) is 5.75 Å². The molecule has 1 heterocycles. The lowest BCUT2D eigenvalue weighted by atomic mass is 9.95. The van der Waals surface area contributed by atoms with E-state index in [0.717, 1.165) is 23.7 Å². The van der Waals surface area contributed by atoms with Crippen molar-refractivity contribution in [1.29, 1.82) is 0 Å². The molecule has 1 saturated carbocycles. The average Bonchev–Trinajstić information content (AvgIpc) is 3.02. The van der Waals surface area contributed by atoms with Gasteiger partial charge in [0.2, 0.25) is 5.91 Å². The number of aryl methyl sites for hydroxylation is 1. The predicted octanol–water partition coefficient (Wildman–Crippen LogP) is 3.72. The first-order valence-corrected chi connectivity index (χ1v) is 9.23. The van der Waals surface area contributed by atoms with Crippen molar-refractivity contribution in [2.75, 3.05) is 5.75 Å². The van der Waals surface area contributed by atoms with Gasteiger partial charge in [-0.05, 0) is 37.5 Å². The van der Waals surface area contributed by atoms with Gasteiger partial charge < -0.3 is 5.32 Å². The molecule has 1 aliphatic carbocycles. The van der Waals surface area contributed by atoms with Crippen molar-refractivity contribution in [1.82, 2.24) is 14.9 Å². The average molecular weight is 329 g/mol. The van der Waals surface area contributed by atoms with Crippen LogP contribution in [0.2, 0.25) is 0 Å². The smallest absolute Gasteiger partial charge is 0.230 e. The molecule has 1 aliphatic rings. The van der Waals surface area contributed by atoms with Crippen molar-refractivity contribution < 1.29 is 4.79 Å². The number of rotatable bonds is 5. The summed E-state index contributed by atoms with van der Waals surface area (Å²) >= 11 is 1.49. The number of aromatic nitrogens is 2. The molecular weight excluding hydrogens is 306 g/mol. The fraction of sp³-hybridized carbons (Fsp3) is 0.444. The van der Waals surface area contributed by atoms with E-state index in [0.29, 0.717) is 11.8 Å². The number of carbonyl (C=O) groups is 1. The number of hydrogen-bond donors (Lipinski definition) is 1. The van der Waals surface area contributed by atoms with Crippen LogP contribution in [-0.4, -0.2) is 27.3 Å². The molecule has 0 bridgehead atoms. The summed E-state index contributed by atoms with van der Waals surface area (Å²) in [6.07, 6.45) is 9.73. The highest BCUT2D eigenvalue weighted by Gasteiger charge is 2.16. The molecule has 2 aromatic rings. The Balaban J connectivity index is 1.58. The number of carbonyl (C=O) groups excluding carboxylic acids is 1. The summed E-state index contributed by atoms with van der Waals surface area (Å²) in [6, 6.07) is 8.66. The second-order valence-electron chi connectivity index (χ2n) is 6.11. The Morgan fingerprint density at radius 3 is 2.96 bits per heavy atom. The minimum Gasteiger partial charge on any atom is -0.353 e. The largest absolute Gasteiger partial charge is 0.353 e. The second kappa shape index (κ2) is 7.68. The summed E-state index contributed by atoms with van der Waals surface area (Å²) in [4.78, 5) is 16.5. The first-order chi connectivity index (χ1) is 11.2. The van der Waals surface area contributed by atoms with Crippen molar-refractivity contribution in [3.8, 4) is 5.69 Å². The lowest BCUT2D eigenvalue weighted by Gasteiger charge is -2.22. The molecule has 0 aliphatic heterocycles. The summed E-state index contributed by atoms with van der Waals surface area (Å²) in [5.41, 5.74) is 2.29. The molecular formula is C18H23N3OS. The Hall–Kier alpha value is -1.75. The van der Waals surface area contributed by atoms with Gasteiger partial charge in [-0.2, -0.15) is 0 Å². The number of imidazole rings is 1. The second-order valence-corrected chi connectivity index (χ2v) is 7.05. The summed E-state index contributed by atoms with van der Waals surface area (Å²) in [6.45, 7) is 2.07. The molecule has 3 rings (SSSR count). The first kappa shape index (κ1) is 16.1. The summed E-state index contributed by atoms with van der Waals surface area (Å²) < 4.78 is 2.03. The predicted molar refractivity (Wildman–Crippen MR) is 94.0 cm³/mol. The van der Waals surface area contributed by atoms with Gasteiger partial charge in [0.15, 0.2) is 5.16 Å². The van der Waals surface area contributed by atoms with Crippen LogP contribution in [0, 0.1) is 6.92 Å². The van der Waals surface area contributed by atoms with Crippen LogP contribution in [0.15, 0.2) is 41.8 Å². The highest BCUT2D eigenvalue weighted by atomic mass is 32.2. The Kier molecular flexibility index (Phi) is 5.39. The van der Waals surface area contributed by atoms with Gasteiger partial charge in [-0.25, -0.2) is 4.98 Å². The molecule has 122 valence electrons. The van der Waals surface area contributed by atoms with E-state index in [1.54, 1.807) is 6.20 Å². The maximum absolute atomic E-state index is 12.1. The fourth-order valence-corrected chi connectivity index (χ4v) is 3.80. The lowest BCUT2D eigenvalue weighted by Crippen LogP contribution is -2.37. The summed E-state index contributed by atoms with van der Waals surface area (Å²) in [5.74, 6) is 0.528. The maximum atomic E-state index is 12.1. The van der Waals surface area contributed by atoms with Crippen molar-refractivity contribution in [3.05, 3.63) is 42.2 Å². The summed E-state index contributed by atoms with van der Waals surface area (Å²) in [7, 11) is 0. The van der Waals surface area contributed by atoms with E-state index in [2.05, 4.69) is 35.4 Å². The molecule has 1 amide bonds. The van der Waals surface area contributed by atoms with Crippen LogP contribution >= 0.6 is 11.8 Å². The number of thioether (sulfide) groups is 1. The first-order valence-electron chi connectivity index (χ1n) is 8.25. The van der Waals surface area contributed by atoms with E-state index < -0.39 is 0 Å². The van der Waals surface area contributed by atoms with Gasteiger partial charge >= 0.3 is 0 Å². The quantitative estimate of drug-likeness (QED) is 0.851. The van der Waals surface area contributed by atoms with Crippen molar-refractivity contribution in [2.24, 2.45) is 0 Å². The third-order valence-corrected chi connectivity index (χ3v) is 5.16. The van der Waals surface area contributed by atoms with Crippen LogP contribution in [-0.2, 0) is 4.79 Å². The van der Waals surface area contributed by atoms with E-state index in [1.807, 2.05) is 16.8 Å². The van der Waals surface area contributed by atoms with Gasteiger partial charge in [-0.1, -0.05) is 43.2 Å². The molecule has 0 unspecified atom stereocenters. The molecule has 0 spiro atoms. The third kappa shape index (κ3) is 4.38. The molecule has 0 saturated heterocycles. The zero-order valence-corrected chi connectivity index (χ0v) is 14.3. The van der Waals surface area contributed by atoms with Crippen molar-refractivity contribution >= 4 is 17.7 Å². The van der Waals surface area contributed by atoms with Crippen LogP contribution < -0.4 is 5.32 Å². The summed E-state index contributed by atoms with van der Waals surface area (Å²) in [5, 5.41) is 4.01. The molecule has 23 heavy (non-hydrogen) atoms. The Morgan fingerprint density at radius 2 is 2.17 bits per heavy atom. The molecule has 1 N–H and O–H groups in total. The minimum atomic E-state index is 0.112. The number of nitrogens with zero attached hydrogens (tertiary/aromatic N) is 2. The van der Waals surface area contributed by atoms with Crippen molar-refractivity contribution in [3.63, 3.8) is 0 Å². The topological polar surface area (TPSA) is 46.9 Å². The Morgan fingerprint density at radius 1 is 1.35 bits per heavy atom. The monoisotopic (exact) mass is 329 g/mol. The van der Waals surface area contributed by atoms with Gasteiger partial charge in [0, 0.05) is 24.1 Å². The molecule has 0 atom stereocenters. The fourth-order valence-electron chi connectivity index (χ4n) is 3.02. The SMILES string of the molecule is Cc1cccc(-n2ccnc2SCC(=O)NC2CCCCC2)c1. The molecule has 0 radical (unpaired) electrons. The van der Waals surface area contributed by atoms with E-state index in [1.165, 1.54) is 36.6 Å². The van der Waals surface area contributed by atoms with E-state index in [-0.39, 0.29) is 5.91 Å². The van der Waals surface area contributed by atoms with E-state index in [9.17, 15) is 4.79 Å². The van der Waals surface area contributed by atoms with Crippen LogP contribution in [0.4, 0.5) is 0 Å². The van der Waals surface area contributed by atoms with E-state index in [4.69, 9.17) is 0 Å². The zero-order chi connectivity index (χ0) is 16.1. The number of hydrogen-bond acceptors (Lipinski definition) is 3. The molecule has 1 fully saturated rings. The Labute approximate surface area is 141 Å². The number of amides is 1. The highest BCUT2D eigenvalue weighted by molar-refractivity contribution is 7.99. The number of benzene rings is 1. The molecule has 4 nitrogen and oxygen atoms in total. The van der Waals surface area contributed by atoms with Crippen LogP contribution in [0.3, 0.4) is 0 Å². The zero-order valence-electron chi connectivity index (χ0n) is 13.5. The maximum Gasteiger partial charge on any atom is 0.230 e. The van der Waals surface area contributed by atoms with Crippen LogP contribution in [0.25, 0.3) is 5.69 Å². The molecule has 5 heteroatoms. The van der Waals surface area contributed by atoms with Crippen LogP contribution in [0.5, 0.6) is 0 Å². The van der Waals surface area contributed by atoms with E-state index >= 15 is 0 Å². The minimum absolute atomic E-state index is 0.112. The van der Waals surface area contributed by atoms with Crippen LogP contribution in [0.1, 0.15) is 37.7 Å².